The molecule has 1 aromatic rings. The molecule has 0 bridgehead atoms. The smallest absolute Gasteiger partial charge is 0.0300 e. The fourth-order valence-corrected chi connectivity index (χ4v) is 2.29. The Morgan fingerprint density at radius 3 is 2.00 bits per heavy atom. The minimum atomic E-state index is 0.127. The zero-order valence-corrected chi connectivity index (χ0v) is 10.9. The van der Waals surface area contributed by atoms with Crippen LogP contribution in [-0.2, 0) is 0 Å². The molecule has 0 spiro atoms. The summed E-state index contributed by atoms with van der Waals surface area (Å²) in [4.78, 5) is 0. The van der Waals surface area contributed by atoms with Crippen LogP contribution in [0.1, 0.15) is 46.7 Å². The van der Waals surface area contributed by atoms with E-state index >= 15 is 0 Å². The summed E-state index contributed by atoms with van der Waals surface area (Å²) in [7, 11) is 0. The van der Waals surface area contributed by atoms with Crippen molar-refractivity contribution >= 4 is 0 Å². The largest absolute Gasteiger partial charge is 0.330 e. The molecule has 90 valence electrons. The number of nitrogens with two attached hydrogens (primary N) is 2. The highest BCUT2D eigenvalue weighted by Crippen LogP contribution is 2.28. The third kappa shape index (κ3) is 2.63. The molecule has 2 heteroatoms. The van der Waals surface area contributed by atoms with Gasteiger partial charge in [-0.2, -0.15) is 0 Å². The normalized spacial score (nSPS) is 12.9. The molecule has 2 nitrogen and oxygen atoms in total. The Labute approximate surface area is 99.0 Å². The second-order valence-electron chi connectivity index (χ2n) is 4.71. The van der Waals surface area contributed by atoms with E-state index in [0.29, 0.717) is 0 Å². The third-order valence-electron chi connectivity index (χ3n) is 3.51. The van der Waals surface area contributed by atoms with Crippen molar-refractivity contribution < 1.29 is 0 Å². The number of rotatable bonds is 4. The lowest BCUT2D eigenvalue weighted by Crippen LogP contribution is -2.16. The van der Waals surface area contributed by atoms with Crippen molar-refractivity contribution in [1.29, 1.82) is 0 Å². The van der Waals surface area contributed by atoms with Gasteiger partial charge in [0.1, 0.15) is 0 Å². The van der Waals surface area contributed by atoms with Gasteiger partial charge in [-0.1, -0.05) is 6.07 Å². The Hall–Kier alpha value is -0.860. The zero-order chi connectivity index (χ0) is 12.3. The van der Waals surface area contributed by atoms with Crippen LogP contribution in [-0.4, -0.2) is 6.54 Å². The van der Waals surface area contributed by atoms with Crippen LogP contribution in [0.4, 0.5) is 0 Å². The molecule has 0 aliphatic carbocycles. The Balaban J connectivity index is 3.11. The van der Waals surface area contributed by atoms with Gasteiger partial charge >= 0.3 is 0 Å². The van der Waals surface area contributed by atoms with Crippen LogP contribution >= 0.6 is 0 Å². The first kappa shape index (κ1) is 13.2. The van der Waals surface area contributed by atoms with Crippen molar-refractivity contribution in [2.75, 3.05) is 6.54 Å². The van der Waals surface area contributed by atoms with E-state index in [2.05, 4.69) is 33.8 Å². The number of hydrogen-bond acceptors (Lipinski definition) is 2. The first-order valence-electron chi connectivity index (χ1n) is 6.02. The third-order valence-corrected chi connectivity index (χ3v) is 3.51. The SMILES string of the molecule is Cc1cc(C)c(C)c(C(N)CCCN)c1C. The van der Waals surface area contributed by atoms with Crippen LogP contribution < -0.4 is 11.5 Å². The molecule has 1 aromatic carbocycles. The summed E-state index contributed by atoms with van der Waals surface area (Å²) in [5.74, 6) is 0. The summed E-state index contributed by atoms with van der Waals surface area (Å²) in [6.45, 7) is 9.36. The molecule has 16 heavy (non-hydrogen) atoms. The van der Waals surface area contributed by atoms with E-state index in [9.17, 15) is 0 Å². The quantitative estimate of drug-likeness (QED) is 0.819. The molecule has 1 unspecified atom stereocenters. The Bertz CT molecular complexity index is 343. The first-order chi connectivity index (χ1) is 7.49. The van der Waals surface area contributed by atoms with E-state index in [4.69, 9.17) is 11.5 Å². The van der Waals surface area contributed by atoms with Crippen molar-refractivity contribution in [3.8, 4) is 0 Å². The Morgan fingerprint density at radius 1 is 1.06 bits per heavy atom. The van der Waals surface area contributed by atoms with Crippen LogP contribution in [0, 0.1) is 27.7 Å². The summed E-state index contributed by atoms with van der Waals surface area (Å²) < 4.78 is 0. The van der Waals surface area contributed by atoms with Crippen molar-refractivity contribution in [3.05, 3.63) is 33.9 Å². The predicted octanol–water partition coefficient (Wildman–Crippen LogP) is 2.66. The predicted molar refractivity (Wildman–Crippen MR) is 70.6 cm³/mol. The van der Waals surface area contributed by atoms with Crippen LogP contribution in [0.25, 0.3) is 0 Å². The second kappa shape index (κ2) is 5.46. The maximum Gasteiger partial charge on any atom is 0.0300 e. The van der Waals surface area contributed by atoms with E-state index in [1.165, 1.54) is 27.8 Å². The number of aryl methyl sites for hydroxylation is 2. The summed E-state index contributed by atoms with van der Waals surface area (Å²) in [6, 6.07) is 2.37. The molecule has 0 saturated heterocycles. The van der Waals surface area contributed by atoms with Crippen molar-refractivity contribution in [1.82, 2.24) is 0 Å². The van der Waals surface area contributed by atoms with Gasteiger partial charge in [-0.25, -0.2) is 0 Å². The van der Waals surface area contributed by atoms with Crippen molar-refractivity contribution in [3.63, 3.8) is 0 Å². The highest BCUT2D eigenvalue weighted by atomic mass is 14.6. The van der Waals surface area contributed by atoms with Crippen LogP contribution in [0.5, 0.6) is 0 Å². The van der Waals surface area contributed by atoms with Crippen molar-refractivity contribution in [2.45, 2.75) is 46.6 Å². The van der Waals surface area contributed by atoms with Crippen molar-refractivity contribution in [2.24, 2.45) is 11.5 Å². The minimum absolute atomic E-state index is 0.127. The molecule has 0 heterocycles. The monoisotopic (exact) mass is 220 g/mol. The molecule has 0 radical (unpaired) electrons. The standard InChI is InChI=1S/C14H24N2/c1-9-8-10(2)12(4)14(11(9)3)13(16)6-5-7-15/h8,13H,5-7,15-16H2,1-4H3. The lowest BCUT2D eigenvalue weighted by atomic mass is 9.88. The van der Waals surface area contributed by atoms with E-state index in [1.807, 2.05) is 0 Å². The second-order valence-corrected chi connectivity index (χ2v) is 4.71. The first-order valence-corrected chi connectivity index (χ1v) is 6.02. The van der Waals surface area contributed by atoms with Gasteiger partial charge in [0.05, 0.1) is 0 Å². The highest BCUT2D eigenvalue weighted by molar-refractivity contribution is 5.45. The molecule has 0 aromatic heterocycles. The fraction of sp³-hybridized carbons (Fsp3) is 0.571. The van der Waals surface area contributed by atoms with Crippen LogP contribution in [0.2, 0.25) is 0 Å². The van der Waals surface area contributed by atoms with Gasteiger partial charge in [0, 0.05) is 6.04 Å². The van der Waals surface area contributed by atoms with E-state index in [0.717, 1.165) is 19.4 Å². The van der Waals surface area contributed by atoms with Gasteiger partial charge in [0.25, 0.3) is 0 Å². The number of hydrogen-bond donors (Lipinski definition) is 2. The van der Waals surface area contributed by atoms with E-state index in [-0.39, 0.29) is 6.04 Å². The van der Waals surface area contributed by atoms with Gasteiger partial charge in [-0.05, 0) is 74.9 Å². The molecular weight excluding hydrogens is 196 g/mol. The van der Waals surface area contributed by atoms with Gasteiger partial charge < -0.3 is 11.5 Å². The van der Waals surface area contributed by atoms with E-state index < -0.39 is 0 Å². The Morgan fingerprint density at radius 2 is 1.56 bits per heavy atom. The lowest BCUT2D eigenvalue weighted by Gasteiger charge is -2.20. The fourth-order valence-electron chi connectivity index (χ4n) is 2.29. The molecule has 4 N–H and O–H groups in total. The van der Waals surface area contributed by atoms with Gasteiger partial charge in [-0.3, -0.25) is 0 Å². The molecule has 0 fully saturated rings. The molecule has 0 saturated carbocycles. The molecule has 0 aliphatic rings. The molecule has 1 atom stereocenters. The van der Waals surface area contributed by atoms with Crippen LogP contribution in [0.3, 0.4) is 0 Å². The maximum atomic E-state index is 6.26. The van der Waals surface area contributed by atoms with E-state index in [1.54, 1.807) is 0 Å². The molecule has 1 rings (SSSR count). The molecule has 0 aliphatic heterocycles. The maximum absolute atomic E-state index is 6.26. The summed E-state index contributed by atoms with van der Waals surface area (Å²) >= 11 is 0. The Kier molecular flexibility index (Phi) is 4.51. The summed E-state index contributed by atoms with van der Waals surface area (Å²) in [5.41, 5.74) is 18.5. The highest BCUT2D eigenvalue weighted by Gasteiger charge is 2.14. The number of benzene rings is 1. The topological polar surface area (TPSA) is 52.0 Å². The van der Waals surface area contributed by atoms with Gasteiger partial charge in [0.2, 0.25) is 0 Å². The average Bonchev–Trinajstić information content (AvgIpc) is 2.24. The minimum Gasteiger partial charge on any atom is -0.330 e. The summed E-state index contributed by atoms with van der Waals surface area (Å²) in [6.07, 6.45) is 1.97. The average molecular weight is 220 g/mol. The van der Waals surface area contributed by atoms with Gasteiger partial charge in [-0.15, -0.1) is 0 Å². The summed E-state index contributed by atoms with van der Waals surface area (Å²) in [5, 5.41) is 0. The zero-order valence-electron chi connectivity index (χ0n) is 10.9. The molecule has 0 amide bonds. The van der Waals surface area contributed by atoms with Gasteiger partial charge in [0.15, 0.2) is 0 Å². The van der Waals surface area contributed by atoms with Crippen LogP contribution in [0.15, 0.2) is 6.07 Å². The molecular formula is C14H24N2. The lowest BCUT2D eigenvalue weighted by molar-refractivity contribution is 0.611.